The molecule has 1 aliphatic heterocycles. The van der Waals surface area contributed by atoms with Crippen molar-refractivity contribution in [3.8, 4) is 56.4 Å². The summed E-state index contributed by atoms with van der Waals surface area (Å²) in [5.41, 5.74) is 16.1. The van der Waals surface area contributed by atoms with Crippen LogP contribution < -0.4 is 4.90 Å². The van der Waals surface area contributed by atoms with Crippen LogP contribution in [0.15, 0.2) is 170 Å². The molecule has 0 fully saturated rings. The van der Waals surface area contributed by atoms with E-state index in [-0.39, 0.29) is 5.41 Å². The van der Waals surface area contributed by atoms with Crippen molar-refractivity contribution in [1.29, 1.82) is 0 Å². The fraction of sp³-hybridized carbons (Fsp3) is 0.100. The predicted octanol–water partition coefficient (Wildman–Crippen LogP) is 12.9. The zero-order valence-electron chi connectivity index (χ0n) is 31.0. The van der Waals surface area contributed by atoms with Crippen molar-refractivity contribution in [3.05, 3.63) is 192 Å². The maximum atomic E-state index is 4.99. The average Bonchev–Trinajstić information content (AvgIpc) is 3.22. The summed E-state index contributed by atoms with van der Waals surface area (Å²) in [5, 5.41) is 0. The Bertz CT molecular complexity index is 2490. The smallest absolute Gasteiger partial charge is 0.164 e. The number of rotatable bonds is 6. The Balaban J connectivity index is 1.19. The lowest BCUT2D eigenvalue weighted by molar-refractivity contribution is 0.632. The summed E-state index contributed by atoms with van der Waals surface area (Å²) in [5.74, 6) is 1.94. The van der Waals surface area contributed by atoms with Crippen molar-refractivity contribution in [1.82, 2.24) is 15.0 Å². The van der Waals surface area contributed by atoms with Gasteiger partial charge in [-0.15, -0.1) is 0 Å². The van der Waals surface area contributed by atoms with E-state index in [1.54, 1.807) is 0 Å². The average molecular weight is 697 g/mol. The summed E-state index contributed by atoms with van der Waals surface area (Å²) in [7, 11) is 0. The molecule has 0 radical (unpaired) electrons. The Labute approximate surface area is 317 Å². The van der Waals surface area contributed by atoms with Gasteiger partial charge in [-0.1, -0.05) is 135 Å². The number of benzene rings is 7. The van der Waals surface area contributed by atoms with E-state index in [9.17, 15) is 0 Å². The van der Waals surface area contributed by atoms with Gasteiger partial charge in [0.25, 0.3) is 0 Å². The minimum Gasteiger partial charge on any atom is -0.310 e. The number of fused-ring (bicyclic) bond motifs is 2. The minimum absolute atomic E-state index is 0.259. The molecule has 9 rings (SSSR count). The minimum atomic E-state index is -0.259. The van der Waals surface area contributed by atoms with E-state index in [0.717, 1.165) is 22.4 Å². The quantitative estimate of drug-likeness (QED) is 0.174. The number of nitrogens with zero attached hydrogens (tertiary/aromatic N) is 4. The van der Waals surface area contributed by atoms with Gasteiger partial charge < -0.3 is 4.90 Å². The zero-order chi connectivity index (χ0) is 36.8. The number of hydrogen-bond acceptors (Lipinski definition) is 4. The lowest BCUT2D eigenvalue weighted by Crippen LogP contribution is -2.30. The van der Waals surface area contributed by atoms with Crippen molar-refractivity contribution >= 4 is 17.1 Å². The van der Waals surface area contributed by atoms with Crippen molar-refractivity contribution in [2.75, 3.05) is 4.90 Å². The summed E-state index contributed by atoms with van der Waals surface area (Å²) in [6.45, 7) is 9.11. The Morgan fingerprint density at radius 1 is 0.389 bits per heavy atom. The van der Waals surface area contributed by atoms with Crippen molar-refractivity contribution in [2.24, 2.45) is 0 Å². The van der Waals surface area contributed by atoms with Crippen LogP contribution in [-0.2, 0) is 5.41 Å². The van der Waals surface area contributed by atoms with Crippen LogP contribution in [-0.4, -0.2) is 15.0 Å². The maximum Gasteiger partial charge on any atom is 0.164 e. The van der Waals surface area contributed by atoms with Crippen LogP contribution >= 0.6 is 0 Å². The molecule has 0 bridgehead atoms. The Kier molecular flexibility index (Phi) is 8.24. The molecule has 0 aliphatic carbocycles. The van der Waals surface area contributed by atoms with E-state index in [1.807, 2.05) is 60.7 Å². The van der Waals surface area contributed by atoms with E-state index in [0.29, 0.717) is 17.5 Å². The third-order valence-electron chi connectivity index (χ3n) is 10.8. The molecule has 0 saturated carbocycles. The highest BCUT2D eigenvalue weighted by atomic mass is 15.2. The Morgan fingerprint density at radius 2 is 0.759 bits per heavy atom. The molecule has 0 N–H and O–H groups in total. The lowest BCUT2D eigenvalue weighted by atomic mass is 9.72. The summed E-state index contributed by atoms with van der Waals surface area (Å²) < 4.78 is 0. The maximum absolute atomic E-state index is 4.99. The second-order valence-corrected chi connectivity index (χ2v) is 14.6. The molecule has 0 unspecified atom stereocenters. The molecule has 0 spiro atoms. The highest BCUT2D eigenvalue weighted by Gasteiger charge is 2.37. The Morgan fingerprint density at radius 3 is 1.19 bits per heavy atom. The van der Waals surface area contributed by atoms with Crippen LogP contribution in [0, 0.1) is 13.8 Å². The van der Waals surface area contributed by atoms with Gasteiger partial charge >= 0.3 is 0 Å². The zero-order valence-corrected chi connectivity index (χ0v) is 31.0. The highest BCUT2D eigenvalue weighted by Crippen LogP contribution is 2.53. The molecule has 54 heavy (non-hydrogen) atoms. The third kappa shape index (κ3) is 5.86. The van der Waals surface area contributed by atoms with Crippen LogP contribution in [0.1, 0.15) is 36.1 Å². The first-order chi connectivity index (χ1) is 26.3. The van der Waals surface area contributed by atoms with Gasteiger partial charge in [0, 0.05) is 27.8 Å². The highest BCUT2D eigenvalue weighted by molar-refractivity contribution is 5.89. The van der Waals surface area contributed by atoms with E-state index in [4.69, 9.17) is 15.0 Å². The molecule has 4 heteroatoms. The molecule has 1 aliphatic rings. The predicted molar refractivity (Wildman–Crippen MR) is 223 cm³/mol. The largest absolute Gasteiger partial charge is 0.310 e. The normalized spacial score (nSPS) is 12.9. The fourth-order valence-corrected chi connectivity index (χ4v) is 7.84. The standard InChI is InChI=1S/C50H40N4/c1-33-15-11-13-21-41(33)38-25-29-45-43(31-38)50(3,4)44-32-39(42-22-14-12-16-34(42)2)26-30-46(44)54(45)40-27-23-37(24-28-40)49-52-47(35-17-7-5-8-18-35)51-48(53-49)36-19-9-6-10-20-36/h5-32H,1-4H3. The van der Waals surface area contributed by atoms with Crippen molar-refractivity contribution in [3.63, 3.8) is 0 Å². The van der Waals surface area contributed by atoms with Crippen LogP contribution in [0.3, 0.4) is 0 Å². The van der Waals surface area contributed by atoms with Gasteiger partial charge in [0.15, 0.2) is 17.5 Å². The molecular formula is C50H40N4. The Hall–Kier alpha value is -6.65. The van der Waals surface area contributed by atoms with Crippen LogP contribution in [0.2, 0.25) is 0 Å². The molecule has 0 saturated heterocycles. The van der Waals surface area contributed by atoms with Crippen LogP contribution in [0.25, 0.3) is 56.4 Å². The van der Waals surface area contributed by atoms with E-state index in [1.165, 1.54) is 55.9 Å². The number of anilines is 3. The molecule has 4 nitrogen and oxygen atoms in total. The summed E-state index contributed by atoms with van der Waals surface area (Å²) in [6.07, 6.45) is 0. The number of aromatic nitrogens is 3. The first-order valence-corrected chi connectivity index (χ1v) is 18.5. The molecule has 8 aromatic rings. The van der Waals surface area contributed by atoms with Gasteiger partial charge in [-0.05, 0) is 107 Å². The molecule has 7 aromatic carbocycles. The summed E-state index contributed by atoms with van der Waals surface area (Å²) >= 11 is 0. The van der Waals surface area contributed by atoms with E-state index >= 15 is 0 Å². The van der Waals surface area contributed by atoms with Gasteiger partial charge in [0.05, 0.1) is 11.4 Å². The van der Waals surface area contributed by atoms with Gasteiger partial charge in [0.2, 0.25) is 0 Å². The molecule has 2 heterocycles. The van der Waals surface area contributed by atoms with Crippen molar-refractivity contribution < 1.29 is 0 Å². The second kappa shape index (κ2) is 13.4. The topological polar surface area (TPSA) is 41.9 Å². The van der Waals surface area contributed by atoms with Gasteiger partial charge in [-0.25, -0.2) is 15.0 Å². The molecule has 1 aromatic heterocycles. The van der Waals surface area contributed by atoms with Gasteiger partial charge in [0.1, 0.15) is 0 Å². The summed E-state index contributed by atoms with van der Waals surface area (Å²) in [4.78, 5) is 17.3. The molecule has 0 atom stereocenters. The monoisotopic (exact) mass is 696 g/mol. The number of aryl methyl sites for hydroxylation is 2. The van der Waals surface area contributed by atoms with Gasteiger partial charge in [-0.3, -0.25) is 0 Å². The summed E-state index contributed by atoms with van der Waals surface area (Å²) in [6, 6.07) is 60.1. The first-order valence-electron chi connectivity index (χ1n) is 18.5. The molecular weight excluding hydrogens is 657 g/mol. The first kappa shape index (κ1) is 33.2. The third-order valence-corrected chi connectivity index (χ3v) is 10.8. The van der Waals surface area contributed by atoms with Crippen LogP contribution in [0.4, 0.5) is 17.1 Å². The van der Waals surface area contributed by atoms with E-state index in [2.05, 4.69) is 142 Å². The second-order valence-electron chi connectivity index (χ2n) is 14.6. The van der Waals surface area contributed by atoms with Crippen LogP contribution in [0.5, 0.6) is 0 Å². The van der Waals surface area contributed by atoms with Gasteiger partial charge in [-0.2, -0.15) is 0 Å². The fourth-order valence-electron chi connectivity index (χ4n) is 7.84. The number of hydrogen-bond donors (Lipinski definition) is 0. The van der Waals surface area contributed by atoms with E-state index < -0.39 is 0 Å². The lowest BCUT2D eigenvalue weighted by Gasteiger charge is -2.42. The van der Waals surface area contributed by atoms with Crippen molar-refractivity contribution in [2.45, 2.75) is 33.1 Å². The molecule has 0 amide bonds. The molecule has 260 valence electrons. The SMILES string of the molecule is Cc1ccccc1-c1ccc2c(c1)C(C)(C)c1cc(-c3ccccc3C)ccc1N2c1ccc(-c2nc(-c3ccccc3)nc(-c3ccccc3)n2)cc1.